The van der Waals surface area contributed by atoms with Gasteiger partial charge in [-0.25, -0.2) is 0 Å². The molecule has 0 bridgehead atoms. The van der Waals surface area contributed by atoms with Gasteiger partial charge < -0.3 is 14.6 Å². The number of carbonyl (C=O) groups excluding carboxylic acids is 1. The standard InChI is InChI=1S/C16H17ClN2O3/c17-14-4-2-1-3-13(14)15-8-12(22-19-15)9-18-16(20)7-11-5-6-21-10-11/h1-4,8,11H,5-7,9-10H2,(H,18,20)/t11-/m1/s1. The first-order valence-corrected chi connectivity index (χ1v) is 7.65. The third kappa shape index (κ3) is 3.67. The fourth-order valence-corrected chi connectivity index (χ4v) is 2.69. The van der Waals surface area contributed by atoms with E-state index in [1.165, 1.54) is 0 Å². The molecule has 1 aromatic heterocycles. The second kappa shape index (κ2) is 6.94. The molecule has 1 fully saturated rings. The Bertz CT molecular complexity index is 650. The minimum atomic E-state index is 0.00573. The molecular weight excluding hydrogens is 304 g/mol. The summed E-state index contributed by atoms with van der Waals surface area (Å²) in [7, 11) is 0. The van der Waals surface area contributed by atoms with Crippen LogP contribution in [0.15, 0.2) is 34.9 Å². The Hall–Kier alpha value is -1.85. The smallest absolute Gasteiger partial charge is 0.220 e. The van der Waals surface area contributed by atoms with E-state index in [0.29, 0.717) is 42.0 Å². The van der Waals surface area contributed by atoms with Gasteiger partial charge in [0.1, 0.15) is 5.69 Å². The monoisotopic (exact) mass is 320 g/mol. The number of hydrogen-bond donors (Lipinski definition) is 1. The molecule has 0 radical (unpaired) electrons. The van der Waals surface area contributed by atoms with Crippen LogP contribution >= 0.6 is 11.6 Å². The van der Waals surface area contributed by atoms with Crippen molar-refractivity contribution >= 4 is 17.5 Å². The number of ether oxygens (including phenoxy) is 1. The topological polar surface area (TPSA) is 64.4 Å². The molecule has 22 heavy (non-hydrogen) atoms. The molecule has 116 valence electrons. The van der Waals surface area contributed by atoms with E-state index >= 15 is 0 Å². The molecule has 1 aliphatic rings. The molecule has 0 spiro atoms. The van der Waals surface area contributed by atoms with E-state index in [2.05, 4.69) is 10.5 Å². The lowest BCUT2D eigenvalue weighted by Gasteiger charge is -2.06. The highest BCUT2D eigenvalue weighted by Crippen LogP contribution is 2.26. The summed E-state index contributed by atoms with van der Waals surface area (Å²) in [5.41, 5.74) is 1.48. The largest absolute Gasteiger partial charge is 0.381 e. The molecule has 1 N–H and O–H groups in total. The molecule has 1 aromatic carbocycles. The Labute approximate surface area is 133 Å². The van der Waals surface area contributed by atoms with Gasteiger partial charge in [0.15, 0.2) is 5.76 Å². The number of aromatic nitrogens is 1. The van der Waals surface area contributed by atoms with Crippen LogP contribution in [0, 0.1) is 5.92 Å². The molecule has 0 saturated carbocycles. The van der Waals surface area contributed by atoms with Crippen LogP contribution in [0.5, 0.6) is 0 Å². The van der Waals surface area contributed by atoms with E-state index in [9.17, 15) is 4.79 Å². The first-order chi connectivity index (χ1) is 10.7. The molecular formula is C16H17ClN2O3. The summed E-state index contributed by atoms with van der Waals surface area (Å²) in [6.07, 6.45) is 1.44. The predicted molar refractivity (Wildman–Crippen MR) is 82.3 cm³/mol. The van der Waals surface area contributed by atoms with Crippen LogP contribution in [0.1, 0.15) is 18.6 Å². The van der Waals surface area contributed by atoms with Crippen molar-refractivity contribution in [2.75, 3.05) is 13.2 Å². The quantitative estimate of drug-likeness (QED) is 0.919. The molecule has 3 rings (SSSR count). The molecule has 0 unspecified atom stereocenters. The van der Waals surface area contributed by atoms with E-state index in [0.717, 1.165) is 18.6 Å². The summed E-state index contributed by atoms with van der Waals surface area (Å²) in [5.74, 6) is 0.936. The van der Waals surface area contributed by atoms with Gasteiger partial charge in [-0.15, -0.1) is 0 Å². The maximum absolute atomic E-state index is 11.9. The molecule has 1 amide bonds. The number of rotatable bonds is 5. The van der Waals surface area contributed by atoms with Crippen molar-refractivity contribution < 1.29 is 14.1 Å². The maximum Gasteiger partial charge on any atom is 0.220 e. The van der Waals surface area contributed by atoms with Gasteiger partial charge in [0.25, 0.3) is 0 Å². The first kappa shape index (κ1) is 15.1. The van der Waals surface area contributed by atoms with Crippen molar-refractivity contribution in [1.82, 2.24) is 10.5 Å². The molecule has 1 saturated heterocycles. The van der Waals surface area contributed by atoms with E-state index in [1.54, 1.807) is 12.1 Å². The van der Waals surface area contributed by atoms with Gasteiger partial charge in [0, 0.05) is 31.3 Å². The van der Waals surface area contributed by atoms with Gasteiger partial charge in [-0.1, -0.05) is 35.0 Å². The van der Waals surface area contributed by atoms with Crippen LogP contribution < -0.4 is 5.32 Å². The minimum absolute atomic E-state index is 0.00573. The van der Waals surface area contributed by atoms with Gasteiger partial charge in [0.05, 0.1) is 11.6 Å². The summed E-state index contributed by atoms with van der Waals surface area (Å²) in [6.45, 7) is 1.75. The number of carbonyl (C=O) groups is 1. The third-order valence-electron chi connectivity index (χ3n) is 3.67. The lowest BCUT2D eigenvalue weighted by atomic mass is 10.1. The van der Waals surface area contributed by atoms with Crippen LogP contribution in [-0.2, 0) is 16.1 Å². The second-order valence-corrected chi connectivity index (χ2v) is 5.78. The predicted octanol–water partition coefficient (Wildman–Crippen LogP) is 3.04. The van der Waals surface area contributed by atoms with Crippen molar-refractivity contribution in [3.05, 3.63) is 41.1 Å². The van der Waals surface area contributed by atoms with Crippen LogP contribution in [0.2, 0.25) is 5.02 Å². The molecule has 6 heteroatoms. The third-order valence-corrected chi connectivity index (χ3v) is 4.00. The lowest BCUT2D eigenvalue weighted by Crippen LogP contribution is -2.25. The lowest BCUT2D eigenvalue weighted by molar-refractivity contribution is -0.122. The normalized spacial score (nSPS) is 17.6. The van der Waals surface area contributed by atoms with Crippen LogP contribution in [0.3, 0.4) is 0 Å². The van der Waals surface area contributed by atoms with Gasteiger partial charge >= 0.3 is 0 Å². The van der Waals surface area contributed by atoms with E-state index in [4.69, 9.17) is 20.9 Å². The molecule has 2 aromatic rings. The van der Waals surface area contributed by atoms with Gasteiger partial charge in [-0.3, -0.25) is 4.79 Å². The summed E-state index contributed by atoms with van der Waals surface area (Å²) in [5, 5.41) is 7.46. The molecule has 2 heterocycles. The Morgan fingerprint density at radius 1 is 1.41 bits per heavy atom. The van der Waals surface area contributed by atoms with Crippen molar-refractivity contribution in [3.63, 3.8) is 0 Å². The zero-order valence-electron chi connectivity index (χ0n) is 12.0. The van der Waals surface area contributed by atoms with Crippen LogP contribution in [0.4, 0.5) is 0 Å². The Morgan fingerprint density at radius 3 is 3.05 bits per heavy atom. The number of halogens is 1. The maximum atomic E-state index is 11.9. The molecule has 1 atom stereocenters. The van der Waals surface area contributed by atoms with Crippen molar-refractivity contribution in [2.24, 2.45) is 5.92 Å². The van der Waals surface area contributed by atoms with Gasteiger partial charge in [-0.2, -0.15) is 0 Å². The Balaban J connectivity index is 1.55. The second-order valence-electron chi connectivity index (χ2n) is 5.37. The number of hydrogen-bond acceptors (Lipinski definition) is 4. The first-order valence-electron chi connectivity index (χ1n) is 7.27. The fraction of sp³-hybridized carbons (Fsp3) is 0.375. The zero-order valence-corrected chi connectivity index (χ0v) is 12.8. The average molecular weight is 321 g/mol. The highest BCUT2D eigenvalue weighted by molar-refractivity contribution is 6.33. The van der Waals surface area contributed by atoms with Crippen molar-refractivity contribution in [2.45, 2.75) is 19.4 Å². The Kier molecular flexibility index (Phi) is 4.75. The van der Waals surface area contributed by atoms with Crippen molar-refractivity contribution in [1.29, 1.82) is 0 Å². The fourth-order valence-electron chi connectivity index (χ4n) is 2.46. The molecule has 5 nitrogen and oxygen atoms in total. The van der Waals surface area contributed by atoms with Gasteiger partial charge in [0.2, 0.25) is 5.91 Å². The molecule has 0 aliphatic carbocycles. The van der Waals surface area contributed by atoms with E-state index in [-0.39, 0.29) is 5.91 Å². The van der Waals surface area contributed by atoms with Crippen LogP contribution in [-0.4, -0.2) is 24.3 Å². The molecule has 1 aliphatic heterocycles. The average Bonchev–Trinajstić information content (AvgIpc) is 3.17. The summed E-state index contributed by atoms with van der Waals surface area (Å²) < 4.78 is 10.5. The van der Waals surface area contributed by atoms with E-state index < -0.39 is 0 Å². The highest BCUT2D eigenvalue weighted by atomic mass is 35.5. The van der Waals surface area contributed by atoms with E-state index in [1.807, 2.05) is 18.2 Å². The SMILES string of the molecule is O=C(C[C@H]1CCOC1)NCc1cc(-c2ccccc2Cl)no1. The summed E-state index contributed by atoms with van der Waals surface area (Å²) in [4.78, 5) is 11.9. The summed E-state index contributed by atoms with van der Waals surface area (Å²) >= 11 is 6.13. The number of nitrogens with zero attached hydrogens (tertiary/aromatic N) is 1. The van der Waals surface area contributed by atoms with Crippen LogP contribution in [0.25, 0.3) is 11.3 Å². The Morgan fingerprint density at radius 2 is 2.27 bits per heavy atom. The van der Waals surface area contributed by atoms with Gasteiger partial charge in [-0.05, 0) is 18.4 Å². The zero-order chi connectivity index (χ0) is 15.4. The number of amides is 1. The highest BCUT2D eigenvalue weighted by Gasteiger charge is 2.19. The summed E-state index contributed by atoms with van der Waals surface area (Å²) in [6, 6.07) is 9.22. The number of benzene rings is 1. The van der Waals surface area contributed by atoms with Crippen molar-refractivity contribution in [3.8, 4) is 11.3 Å². The minimum Gasteiger partial charge on any atom is -0.381 e. The number of nitrogens with one attached hydrogen (secondary N) is 1.